The molecule has 0 aliphatic rings. The lowest BCUT2D eigenvalue weighted by molar-refractivity contribution is 0.474. The number of hydrogen-bond donors (Lipinski definition) is 2. The molecule has 0 heterocycles. The van der Waals surface area contributed by atoms with Crippen molar-refractivity contribution in [3.8, 4) is 23.0 Å². The van der Waals surface area contributed by atoms with E-state index < -0.39 is 0 Å². The molecule has 0 atom stereocenters. The Kier molecular flexibility index (Phi) is 8.22. The number of hydrogen-bond acceptors (Lipinski definition) is 4. The van der Waals surface area contributed by atoms with E-state index in [9.17, 15) is 0 Å². The summed E-state index contributed by atoms with van der Waals surface area (Å²) in [6.07, 6.45) is 0. The maximum absolute atomic E-state index is 6.28. The predicted octanol–water partition coefficient (Wildman–Crippen LogP) is 10.3. The van der Waals surface area contributed by atoms with Gasteiger partial charge in [-0.05, 0) is 121 Å². The number of benzene rings is 5. The minimum Gasteiger partial charge on any atom is -0.457 e. The summed E-state index contributed by atoms with van der Waals surface area (Å²) in [7, 11) is 0. The topological polar surface area (TPSA) is 70.5 Å². The van der Waals surface area contributed by atoms with E-state index in [2.05, 4.69) is 104 Å². The monoisotopic (exact) mass is 584 g/mol. The van der Waals surface area contributed by atoms with Crippen LogP contribution in [0.3, 0.4) is 0 Å². The Bertz CT molecular complexity index is 1620. The van der Waals surface area contributed by atoms with Gasteiger partial charge in [-0.25, -0.2) is 0 Å². The van der Waals surface area contributed by atoms with Crippen LogP contribution in [0.15, 0.2) is 97.1 Å². The van der Waals surface area contributed by atoms with Crippen molar-refractivity contribution in [1.82, 2.24) is 0 Å². The first-order chi connectivity index (χ1) is 20.8. The first-order valence-corrected chi connectivity index (χ1v) is 15.2. The van der Waals surface area contributed by atoms with Crippen LogP contribution in [0.2, 0.25) is 0 Å². The summed E-state index contributed by atoms with van der Waals surface area (Å²) in [6.45, 7) is 17.6. The molecule has 0 amide bonds. The molecule has 0 saturated heterocycles. The highest BCUT2D eigenvalue weighted by atomic mass is 16.5. The van der Waals surface area contributed by atoms with Crippen LogP contribution in [0, 0.1) is 27.7 Å². The Hall–Kier alpha value is -4.70. The van der Waals surface area contributed by atoms with Gasteiger partial charge in [0.2, 0.25) is 0 Å². The van der Waals surface area contributed by atoms with Gasteiger partial charge in [0.25, 0.3) is 0 Å². The van der Waals surface area contributed by atoms with Crippen LogP contribution >= 0.6 is 0 Å². The Morgan fingerprint density at radius 1 is 0.432 bits per heavy atom. The molecule has 5 rings (SSSR count). The molecule has 0 aliphatic carbocycles. The maximum Gasteiger partial charge on any atom is 0.133 e. The quantitative estimate of drug-likeness (QED) is 0.178. The molecule has 44 heavy (non-hydrogen) atoms. The van der Waals surface area contributed by atoms with Crippen molar-refractivity contribution >= 4 is 11.4 Å². The van der Waals surface area contributed by atoms with E-state index in [0.29, 0.717) is 0 Å². The van der Waals surface area contributed by atoms with Crippen molar-refractivity contribution in [1.29, 1.82) is 0 Å². The van der Waals surface area contributed by atoms with Crippen LogP contribution in [0.5, 0.6) is 23.0 Å². The summed E-state index contributed by atoms with van der Waals surface area (Å²) in [5.74, 6) is 3.34. The fourth-order valence-electron chi connectivity index (χ4n) is 5.88. The molecule has 5 aromatic rings. The molecule has 0 unspecified atom stereocenters. The van der Waals surface area contributed by atoms with Gasteiger partial charge in [-0.1, -0.05) is 76.2 Å². The molecule has 0 aliphatic heterocycles. The van der Waals surface area contributed by atoms with Crippen molar-refractivity contribution in [3.63, 3.8) is 0 Å². The van der Waals surface area contributed by atoms with Crippen LogP contribution in [-0.4, -0.2) is 0 Å². The second-order valence-electron chi connectivity index (χ2n) is 13.1. The van der Waals surface area contributed by atoms with Crippen molar-refractivity contribution < 1.29 is 9.47 Å². The van der Waals surface area contributed by atoms with E-state index >= 15 is 0 Å². The van der Waals surface area contributed by atoms with Gasteiger partial charge in [0, 0.05) is 22.2 Å². The first-order valence-electron chi connectivity index (χ1n) is 15.2. The van der Waals surface area contributed by atoms with E-state index in [1.165, 1.54) is 22.3 Å². The van der Waals surface area contributed by atoms with Crippen molar-refractivity contribution in [3.05, 3.63) is 142 Å². The fourth-order valence-corrected chi connectivity index (χ4v) is 5.88. The van der Waals surface area contributed by atoms with Crippen molar-refractivity contribution in [2.75, 3.05) is 11.5 Å². The second kappa shape index (κ2) is 11.8. The van der Waals surface area contributed by atoms with Crippen LogP contribution in [-0.2, 0) is 10.8 Å². The highest BCUT2D eigenvalue weighted by molar-refractivity contribution is 5.54. The number of nitrogens with two attached hydrogens (primary N) is 2. The molecule has 226 valence electrons. The van der Waals surface area contributed by atoms with Crippen molar-refractivity contribution in [2.24, 2.45) is 0 Å². The van der Waals surface area contributed by atoms with E-state index in [1.807, 2.05) is 48.5 Å². The van der Waals surface area contributed by atoms with Gasteiger partial charge in [-0.2, -0.15) is 0 Å². The van der Waals surface area contributed by atoms with Crippen LogP contribution in [0.1, 0.15) is 72.2 Å². The Balaban J connectivity index is 1.44. The van der Waals surface area contributed by atoms with Crippen LogP contribution in [0.4, 0.5) is 11.4 Å². The summed E-state index contributed by atoms with van der Waals surface area (Å²) in [5, 5.41) is 0. The maximum atomic E-state index is 6.28. The molecular formula is C40H44N2O2. The van der Waals surface area contributed by atoms with Crippen molar-refractivity contribution in [2.45, 2.75) is 66.2 Å². The molecule has 4 heteroatoms. The third kappa shape index (κ3) is 6.16. The van der Waals surface area contributed by atoms with Gasteiger partial charge in [0.15, 0.2) is 0 Å². The number of ether oxygens (including phenoxy) is 2. The normalized spacial score (nSPS) is 11.8. The van der Waals surface area contributed by atoms with E-state index in [1.54, 1.807) is 0 Å². The molecule has 0 bridgehead atoms. The fraction of sp³-hybridized carbons (Fsp3) is 0.250. The van der Waals surface area contributed by atoms with Gasteiger partial charge < -0.3 is 20.9 Å². The zero-order valence-corrected chi connectivity index (χ0v) is 27.2. The minimum absolute atomic E-state index is 0.218. The SMILES string of the molecule is Cc1cc(C(C)(C)c2cccc(C(C)(C)c3cc(C)c(Oc4ccc(N)cc4)c(C)c3)c2)cc(C)c1Oc1ccc(N)cc1. The van der Waals surface area contributed by atoms with E-state index in [0.717, 1.165) is 56.6 Å². The smallest absolute Gasteiger partial charge is 0.133 e. The Morgan fingerprint density at radius 2 is 0.750 bits per heavy atom. The highest BCUT2D eigenvalue weighted by Gasteiger charge is 2.29. The third-order valence-electron chi connectivity index (χ3n) is 8.87. The lowest BCUT2D eigenvalue weighted by Gasteiger charge is -2.32. The Labute approximate surface area is 262 Å². The van der Waals surface area contributed by atoms with Crippen LogP contribution < -0.4 is 20.9 Å². The minimum atomic E-state index is -0.218. The predicted molar refractivity (Wildman–Crippen MR) is 184 cm³/mol. The molecule has 4 N–H and O–H groups in total. The number of rotatable bonds is 8. The lowest BCUT2D eigenvalue weighted by Crippen LogP contribution is -2.23. The highest BCUT2D eigenvalue weighted by Crippen LogP contribution is 2.41. The lowest BCUT2D eigenvalue weighted by atomic mass is 9.72. The molecule has 0 fully saturated rings. The Morgan fingerprint density at radius 3 is 1.07 bits per heavy atom. The zero-order valence-electron chi connectivity index (χ0n) is 27.2. The summed E-state index contributed by atoms with van der Waals surface area (Å²) in [5.41, 5.74) is 22.2. The summed E-state index contributed by atoms with van der Waals surface area (Å²) in [4.78, 5) is 0. The van der Waals surface area contributed by atoms with E-state index in [4.69, 9.17) is 20.9 Å². The zero-order chi connectivity index (χ0) is 31.8. The van der Waals surface area contributed by atoms with Gasteiger partial charge in [-0.3, -0.25) is 0 Å². The number of nitrogen functional groups attached to an aromatic ring is 2. The number of aryl methyl sites for hydroxylation is 4. The molecule has 0 radical (unpaired) electrons. The van der Waals surface area contributed by atoms with Crippen LogP contribution in [0.25, 0.3) is 0 Å². The summed E-state index contributed by atoms with van der Waals surface area (Å²) in [6, 6.07) is 33.1. The van der Waals surface area contributed by atoms with Gasteiger partial charge in [0.05, 0.1) is 0 Å². The largest absolute Gasteiger partial charge is 0.457 e. The third-order valence-corrected chi connectivity index (χ3v) is 8.87. The molecule has 0 spiro atoms. The molecule has 0 aromatic heterocycles. The van der Waals surface area contributed by atoms with Gasteiger partial charge in [-0.15, -0.1) is 0 Å². The number of anilines is 2. The van der Waals surface area contributed by atoms with Gasteiger partial charge in [0.1, 0.15) is 23.0 Å². The van der Waals surface area contributed by atoms with E-state index in [-0.39, 0.29) is 10.8 Å². The standard InChI is InChI=1S/C40H44N2O2/c1-25-20-31(21-26(2)37(25)43-35-16-12-33(41)13-17-35)39(5,6)29-10-9-11-30(24-29)40(7,8)32-22-27(3)38(28(4)23-32)44-36-18-14-34(42)15-19-36/h9-24H,41-42H2,1-8H3. The summed E-state index contributed by atoms with van der Waals surface area (Å²) < 4.78 is 12.6. The average molecular weight is 585 g/mol. The molecule has 4 nitrogen and oxygen atoms in total. The second-order valence-corrected chi connectivity index (χ2v) is 13.1. The van der Waals surface area contributed by atoms with Gasteiger partial charge >= 0.3 is 0 Å². The summed E-state index contributed by atoms with van der Waals surface area (Å²) >= 11 is 0. The molecule has 5 aromatic carbocycles. The average Bonchev–Trinajstić information content (AvgIpc) is 2.98. The first kappa shape index (κ1) is 30.7. The molecular weight excluding hydrogens is 540 g/mol. The molecule has 0 saturated carbocycles.